The highest BCUT2D eigenvalue weighted by Gasteiger charge is 2.50. The van der Waals surface area contributed by atoms with Gasteiger partial charge in [-0.1, -0.05) is 242 Å². The standard InChI is InChI=1S/C69H120O12/c1-4-7-10-13-16-19-22-25-28-30-31-33-35-37-40-43-46-49-52-55-61(70)77-58-60(79-62(71)56-53-50-47-44-41-38-34-27-24-21-18-15-12-9-6-3)59-78-69-67(65(74)64(73)66(81-69)68(75)76)80-63(72)57-54-51-48-45-42-39-36-32-29-26-23-20-17-14-11-8-5-2/h8,11,17,20,25-29,34,60,64-67,69,73-74H,4-7,9-10,12-16,18-19,21-24,30-33,35-59H2,1-3H3,(H,75,76)/b11-8-,20-17-,28-25-,29-26-,34-27-. The highest BCUT2D eigenvalue weighted by molar-refractivity contribution is 5.74. The molecule has 0 bridgehead atoms. The minimum Gasteiger partial charge on any atom is -0.479 e. The van der Waals surface area contributed by atoms with Crippen molar-refractivity contribution >= 4 is 23.9 Å². The molecule has 0 aromatic rings. The van der Waals surface area contributed by atoms with Gasteiger partial charge in [-0.3, -0.25) is 14.4 Å². The maximum Gasteiger partial charge on any atom is 0.335 e. The lowest BCUT2D eigenvalue weighted by Crippen LogP contribution is -2.61. The van der Waals surface area contributed by atoms with Crippen LogP contribution in [0.3, 0.4) is 0 Å². The molecular formula is C69H120O12. The first-order chi connectivity index (χ1) is 39.6. The molecule has 1 rings (SSSR count). The number of carbonyl (C=O) groups excluding carboxylic acids is 3. The summed E-state index contributed by atoms with van der Waals surface area (Å²) in [6.45, 7) is 5.90. The van der Waals surface area contributed by atoms with Crippen molar-refractivity contribution in [2.75, 3.05) is 13.2 Å². The quantitative estimate of drug-likeness (QED) is 0.0228. The Morgan fingerprint density at radius 2 is 0.778 bits per heavy atom. The molecule has 1 saturated heterocycles. The summed E-state index contributed by atoms with van der Waals surface area (Å²) < 4.78 is 28.5. The Morgan fingerprint density at radius 1 is 0.420 bits per heavy atom. The summed E-state index contributed by atoms with van der Waals surface area (Å²) in [5, 5.41) is 31.6. The van der Waals surface area contributed by atoms with Gasteiger partial charge in [0.2, 0.25) is 0 Å². The van der Waals surface area contributed by atoms with Crippen LogP contribution in [0.5, 0.6) is 0 Å². The van der Waals surface area contributed by atoms with Crippen molar-refractivity contribution < 1.29 is 58.2 Å². The maximum absolute atomic E-state index is 13.2. The Labute approximate surface area is 494 Å². The third-order valence-corrected chi connectivity index (χ3v) is 15.0. The number of rotatable bonds is 57. The van der Waals surface area contributed by atoms with Crippen LogP contribution in [0.25, 0.3) is 0 Å². The van der Waals surface area contributed by atoms with Gasteiger partial charge in [-0.2, -0.15) is 0 Å². The second-order valence-corrected chi connectivity index (χ2v) is 22.7. The lowest BCUT2D eigenvalue weighted by atomic mass is 9.98. The number of aliphatic carboxylic acids is 1. The molecule has 3 N–H and O–H groups in total. The molecule has 0 radical (unpaired) electrons. The van der Waals surface area contributed by atoms with Crippen LogP contribution in [0.15, 0.2) is 60.8 Å². The maximum atomic E-state index is 13.2. The van der Waals surface area contributed by atoms with Gasteiger partial charge in [-0.25, -0.2) is 4.79 Å². The van der Waals surface area contributed by atoms with Gasteiger partial charge in [-0.05, 0) is 103 Å². The molecule has 12 heteroatoms. The fourth-order valence-corrected chi connectivity index (χ4v) is 9.96. The number of hydrogen-bond donors (Lipinski definition) is 3. The van der Waals surface area contributed by atoms with Crippen molar-refractivity contribution in [3.8, 4) is 0 Å². The van der Waals surface area contributed by atoms with Gasteiger partial charge in [-0.15, -0.1) is 0 Å². The second kappa shape index (κ2) is 56.9. The first kappa shape index (κ1) is 75.4. The van der Waals surface area contributed by atoms with E-state index in [1.807, 2.05) is 0 Å². The first-order valence-electron chi connectivity index (χ1n) is 33.3. The second-order valence-electron chi connectivity index (χ2n) is 22.7. The number of ether oxygens (including phenoxy) is 5. The minimum absolute atomic E-state index is 0.0484. The van der Waals surface area contributed by atoms with Crippen molar-refractivity contribution in [3.63, 3.8) is 0 Å². The van der Waals surface area contributed by atoms with Gasteiger partial charge in [0.15, 0.2) is 24.6 Å². The van der Waals surface area contributed by atoms with Gasteiger partial charge in [0.05, 0.1) is 6.61 Å². The summed E-state index contributed by atoms with van der Waals surface area (Å²) in [6.07, 6.45) is 58.9. The Morgan fingerprint density at radius 3 is 1.20 bits per heavy atom. The monoisotopic (exact) mass is 1140 g/mol. The van der Waals surface area contributed by atoms with Gasteiger partial charge in [0.1, 0.15) is 18.8 Å². The van der Waals surface area contributed by atoms with E-state index in [2.05, 4.69) is 81.5 Å². The summed E-state index contributed by atoms with van der Waals surface area (Å²) in [6, 6.07) is 0. The molecule has 1 aliphatic heterocycles. The third kappa shape index (κ3) is 46.5. The highest BCUT2D eigenvalue weighted by Crippen LogP contribution is 2.27. The molecule has 81 heavy (non-hydrogen) atoms. The fourth-order valence-electron chi connectivity index (χ4n) is 9.96. The molecule has 0 aromatic carbocycles. The Bertz CT molecular complexity index is 1640. The molecular weight excluding hydrogens is 1020 g/mol. The van der Waals surface area contributed by atoms with Crippen molar-refractivity contribution in [2.45, 2.75) is 340 Å². The van der Waals surface area contributed by atoms with Crippen LogP contribution in [-0.2, 0) is 42.9 Å². The van der Waals surface area contributed by atoms with E-state index in [9.17, 15) is 34.5 Å². The van der Waals surface area contributed by atoms with Crippen molar-refractivity contribution in [3.05, 3.63) is 60.8 Å². The summed E-state index contributed by atoms with van der Waals surface area (Å²) >= 11 is 0. The Balaban J connectivity index is 2.65. The lowest BCUT2D eigenvalue weighted by Gasteiger charge is -2.40. The van der Waals surface area contributed by atoms with Gasteiger partial charge < -0.3 is 39.0 Å². The first-order valence-corrected chi connectivity index (χ1v) is 33.3. The fraction of sp³-hybridized carbons (Fsp3) is 0.797. The topological polar surface area (TPSA) is 175 Å². The number of esters is 3. The molecule has 0 aliphatic carbocycles. The SMILES string of the molecule is CC/C=C\C/C=C\C/C=C\CCCCCCCCCC(=O)OC1C(OCC(COC(=O)CCCCCCCCCCC/C=C\CCCCCCCC)OC(=O)CCCCCCC/C=C\CCCCCCCC)OC(C(=O)O)C(O)C1O. The molecule has 1 heterocycles. The van der Waals surface area contributed by atoms with E-state index in [0.717, 1.165) is 122 Å². The van der Waals surface area contributed by atoms with Crippen molar-refractivity contribution in [1.82, 2.24) is 0 Å². The van der Waals surface area contributed by atoms with E-state index in [1.165, 1.54) is 122 Å². The molecule has 6 unspecified atom stereocenters. The number of carboxylic acids is 1. The van der Waals surface area contributed by atoms with E-state index in [1.54, 1.807) is 0 Å². The number of aliphatic hydroxyl groups excluding tert-OH is 2. The molecule has 468 valence electrons. The average Bonchev–Trinajstić information content (AvgIpc) is 3.53. The molecule has 1 aliphatic rings. The largest absolute Gasteiger partial charge is 0.479 e. The van der Waals surface area contributed by atoms with Crippen LogP contribution >= 0.6 is 0 Å². The summed E-state index contributed by atoms with van der Waals surface area (Å²) in [5.74, 6) is -3.12. The zero-order valence-electron chi connectivity index (χ0n) is 51.8. The molecule has 0 saturated carbocycles. The molecule has 1 fully saturated rings. The van der Waals surface area contributed by atoms with Crippen LogP contribution in [0.2, 0.25) is 0 Å². The number of carbonyl (C=O) groups is 4. The van der Waals surface area contributed by atoms with Gasteiger partial charge >= 0.3 is 23.9 Å². The summed E-state index contributed by atoms with van der Waals surface area (Å²) in [7, 11) is 0. The van der Waals surface area contributed by atoms with E-state index < -0.39 is 67.3 Å². The van der Waals surface area contributed by atoms with Gasteiger partial charge in [0.25, 0.3) is 0 Å². The number of carboxylic acid groups (broad SMARTS) is 1. The molecule has 0 aromatic heterocycles. The third-order valence-electron chi connectivity index (χ3n) is 15.0. The average molecular weight is 1140 g/mol. The number of allylic oxidation sites excluding steroid dienone is 10. The Hall–Kier alpha value is -3.58. The zero-order valence-corrected chi connectivity index (χ0v) is 51.8. The number of unbranched alkanes of at least 4 members (excludes halogenated alkanes) is 33. The predicted molar refractivity (Wildman–Crippen MR) is 331 cm³/mol. The van der Waals surface area contributed by atoms with E-state index in [4.69, 9.17) is 23.7 Å². The van der Waals surface area contributed by atoms with Crippen LogP contribution in [0, 0.1) is 0 Å². The minimum atomic E-state index is -1.91. The van der Waals surface area contributed by atoms with Crippen molar-refractivity contribution in [1.29, 1.82) is 0 Å². The van der Waals surface area contributed by atoms with E-state index >= 15 is 0 Å². The van der Waals surface area contributed by atoms with E-state index in [0.29, 0.717) is 19.3 Å². The molecule has 6 atom stereocenters. The summed E-state index contributed by atoms with van der Waals surface area (Å²) in [4.78, 5) is 51.4. The van der Waals surface area contributed by atoms with E-state index in [-0.39, 0.29) is 25.9 Å². The molecule has 0 spiro atoms. The van der Waals surface area contributed by atoms with Crippen LogP contribution < -0.4 is 0 Å². The zero-order chi connectivity index (χ0) is 58.9. The van der Waals surface area contributed by atoms with Crippen LogP contribution in [0.4, 0.5) is 0 Å². The van der Waals surface area contributed by atoms with Gasteiger partial charge in [0, 0.05) is 19.3 Å². The van der Waals surface area contributed by atoms with Crippen LogP contribution in [-0.4, -0.2) is 89.2 Å². The predicted octanol–water partition coefficient (Wildman–Crippen LogP) is 17.9. The highest BCUT2D eigenvalue weighted by atomic mass is 16.7. The Kier molecular flexibility index (Phi) is 53.0. The molecule has 12 nitrogen and oxygen atoms in total. The normalized spacial score (nSPS) is 18.1. The van der Waals surface area contributed by atoms with Crippen LogP contribution in [0.1, 0.15) is 303 Å². The molecule has 0 amide bonds. The number of aliphatic hydroxyl groups is 2. The summed E-state index contributed by atoms with van der Waals surface area (Å²) in [5.41, 5.74) is 0. The smallest absolute Gasteiger partial charge is 0.335 e. The lowest BCUT2D eigenvalue weighted by molar-refractivity contribution is -0.301. The van der Waals surface area contributed by atoms with Crippen molar-refractivity contribution in [2.24, 2.45) is 0 Å². The number of hydrogen-bond acceptors (Lipinski definition) is 11.